The monoisotopic (exact) mass is 230 g/mol. The molecule has 82 valence electrons. The van der Waals surface area contributed by atoms with Crippen LogP contribution in [0.3, 0.4) is 0 Å². The van der Waals surface area contributed by atoms with Crippen molar-refractivity contribution in [2.45, 2.75) is 29.6 Å². The zero-order chi connectivity index (χ0) is 11.2. The summed E-state index contributed by atoms with van der Waals surface area (Å²) >= 11 is 0. The lowest BCUT2D eigenvalue weighted by Gasteiger charge is -2.11. The fourth-order valence-electron chi connectivity index (χ4n) is 1.91. The second-order valence-electron chi connectivity index (χ2n) is 3.74. The third-order valence-corrected chi connectivity index (χ3v) is 5.08. The van der Waals surface area contributed by atoms with Crippen LogP contribution in [0, 0.1) is 5.82 Å². The Kier molecular flexibility index (Phi) is 2.31. The van der Waals surface area contributed by atoms with Crippen molar-refractivity contribution in [1.82, 2.24) is 0 Å². The summed E-state index contributed by atoms with van der Waals surface area (Å²) in [5, 5.41) is 8.44. The van der Waals surface area contributed by atoms with Gasteiger partial charge in [0, 0.05) is 5.56 Å². The summed E-state index contributed by atoms with van der Waals surface area (Å²) in [6.45, 7) is 1.41. The Morgan fingerprint density at radius 2 is 2.20 bits per heavy atom. The predicted molar refractivity (Wildman–Crippen MR) is 52.8 cm³/mol. The van der Waals surface area contributed by atoms with Gasteiger partial charge in [0.1, 0.15) is 5.82 Å². The summed E-state index contributed by atoms with van der Waals surface area (Å²) in [6.07, 6.45) is -0.927. The van der Waals surface area contributed by atoms with Gasteiger partial charge in [-0.1, -0.05) is 6.07 Å². The fourth-order valence-corrected chi connectivity index (χ4v) is 3.93. The Bertz CT molecular complexity index is 493. The molecule has 1 aromatic rings. The first-order chi connectivity index (χ1) is 6.94. The summed E-state index contributed by atoms with van der Waals surface area (Å²) in [4.78, 5) is 0.0217. The Labute approximate surface area is 87.5 Å². The molecule has 2 unspecified atom stereocenters. The molecule has 1 aromatic carbocycles. The van der Waals surface area contributed by atoms with Crippen LogP contribution in [0.25, 0.3) is 0 Å². The van der Waals surface area contributed by atoms with Crippen molar-refractivity contribution in [3.05, 3.63) is 29.6 Å². The van der Waals surface area contributed by atoms with Crippen LogP contribution in [0.2, 0.25) is 0 Å². The topological polar surface area (TPSA) is 54.4 Å². The Morgan fingerprint density at radius 3 is 2.73 bits per heavy atom. The molecule has 15 heavy (non-hydrogen) atoms. The van der Waals surface area contributed by atoms with Crippen LogP contribution in [0.15, 0.2) is 23.1 Å². The highest BCUT2D eigenvalue weighted by Gasteiger charge is 2.40. The van der Waals surface area contributed by atoms with E-state index in [4.69, 9.17) is 0 Å². The average molecular weight is 230 g/mol. The van der Waals surface area contributed by atoms with Gasteiger partial charge in [0.15, 0.2) is 9.84 Å². The van der Waals surface area contributed by atoms with Crippen molar-refractivity contribution in [2.24, 2.45) is 0 Å². The smallest absolute Gasteiger partial charge is 0.184 e. The Morgan fingerprint density at radius 1 is 1.53 bits per heavy atom. The van der Waals surface area contributed by atoms with Crippen molar-refractivity contribution >= 4 is 9.84 Å². The molecule has 0 spiro atoms. The standard InChI is InChI=1S/C10H11FO3S/c1-6(12)10-5-7-8(11)3-2-4-9(7)15(10,13)14/h2-4,6,10,12H,5H2,1H3. The van der Waals surface area contributed by atoms with Crippen LogP contribution < -0.4 is 0 Å². The van der Waals surface area contributed by atoms with E-state index in [0.29, 0.717) is 0 Å². The largest absolute Gasteiger partial charge is 0.392 e. The Hall–Kier alpha value is -0.940. The highest BCUT2D eigenvalue weighted by molar-refractivity contribution is 7.92. The third kappa shape index (κ3) is 1.46. The maximum Gasteiger partial charge on any atom is 0.184 e. The van der Waals surface area contributed by atoms with E-state index < -0.39 is 27.0 Å². The number of fused-ring (bicyclic) bond motifs is 1. The normalized spacial score (nSPS) is 24.9. The minimum Gasteiger partial charge on any atom is -0.392 e. The van der Waals surface area contributed by atoms with Gasteiger partial charge in [-0.15, -0.1) is 0 Å². The van der Waals surface area contributed by atoms with Crippen LogP contribution in [0.1, 0.15) is 12.5 Å². The molecule has 0 radical (unpaired) electrons. The Balaban J connectivity index is 2.62. The number of hydrogen-bond acceptors (Lipinski definition) is 3. The van der Waals surface area contributed by atoms with E-state index in [0.717, 1.165) is 0 Å². The molecule has 5 heteroatoms. The molecule has 0 saturated carbocycles. The van der Waals surface area contributed by atoms with Gasteiger partial charge in [-0.05, 0) is 25.5 Å². The molecule has 0 bridgehead atoms. The van der Waals surface area contributed by atoms with Crippen molar-refractivity contribution in [3.63, 3.8) is 0 Å². The van der Waals surface area contributed by atoms with Crippen molar-refractivity contribution in [2.75, 3.05) is 0 Å². The first kappa shape index (κ1) is 10.6. The molecule has 1 aliphatic rings. The van der Waals surface area contributed by atoms with E-state index >= 15 is 0 Å². The van der Waals surface area contributed by atoms with E-state index in [1.54, 1.807) is 0 Å². The second kappa shape index (κ2) is 3.28. The van der Waals surface area contributed by atoms with Gasteiger partial charge in [0.25, 0.3) is 0 Å². The molecule has 1 aliphatic heterocycles. The van der Waals surface area contributed by atoms with Gasteiger partial charge in [0.2, 0.25) is 0 Å². The molecule has 2 rings (SSSR count). The molecule has 1 N–H and O–H groups in total. The molecule has 0 aromatic heterocycles. The minimum absolute atomic E-state index is 0.0217. The number of sulfone groups is 1. The van der Waals surface area contributed by atoms with Gasteiger partial charge in [-0.25, -0.2) is 12.8 Å². The molecular formula is C10H11FO3S. The fraction of sp³-hybridized carbons (Fsp3) is 0.400. The minimum atomic E-state index is -3.56. The van der Waals surface area contributed by atoms with Crippen molar-refractivity contribution < 1.29 is 17.9 Å². The zero-order valence-corrected chi connectivity index (χ0v) is 8.96. The maximum absolute atomic E-state index is 13.3. The summed E-state index contributed by atoms with van der Waals surface area (Å²) < 4.78 is 37.0. The van der Waals surface area contributed by atoms with Gasteiger partial charge >= 0.3 is 0 Å². The van der Waals surface area contributed by atoms with Crippen LogP contribution in [0.4, 0.5) is 4.39 Å². The predicted octanol–water partition coefficient (Wildman–Crippen LogP) is 0.905. The van der Waals surface area contributed by atoms with Crippen LogP contribution in [-0.4, -0.2) is 24.9 Å². The maximum atomic E-state index is 13.3. The lowest BCUT2D eigenvalue weighted by molar-refractivity contribution is 0.188. The van der Waals surface area contributed by atoms with E-state index in [1.165, 1.54) is 25.1 Å². The van der Waals surface area contributed by atoms with Gasteiger partial charge in [0.05, 0.1) is 16.2 Å². The van der Waals surface area contributed by atoms with E-state index in [1.807, 2.05) is 0 Å². The second-order valence-corrected chi connectivity index (χ2v) is 5.88. The number of benzene rings is 1. The average Bonchev–Trinajstić information content (AvgIpc) is 2.40. The number of halogens is 1. The molecule has 2 atom stereocenters. The SMILES string of the molecule is CC(O)C1Cc2c(F)cccc2S1(=O)=O. The first-order valence-electron chi connectivity index (χ1n) is 4.64. The quantitative estimate of drug-likeness (QED) is 0.780. The lowest BCUT2D eigenvalue weighted by atomic mass is 10.1. The summed E-state index contributed by atoms with van der Waals surface area (Å²) in [5.74, 6) is -0.515. The summed E-state index contributed by atoms with van der Waals surface area (Å²) in [5.41, 5.74) is 0.198. The van der Waals surface area contributed by atoms with Crippen molar-refractivity contribution in [3.8, 4) is 0 Å². The van der Waals surface area contributed by atoms with E-state index in [2.05, 4.69) is 0 Å². The van der Waals surface area contributed by atoms with Gasteiger partial charge in [-0.3, -0.25) is 0 Å². The molecule has 3 nitrogen and oxygen atoms in total. The molecule has 0 fully saturated rings. The highest BCUT2D eigenvalue weighted by atomic mass is 32.2. The number of hydrogen-bond donors (Lipinski definition) is 1. The summed E-state index contributed by atoms with van der Waals surface area (Å²) in [6, 6.07) is 3.99. The number of aliphatic hydroxyl groups excluding tert-OH is 1. The number of aliphatic hydroxyl groups is 1. The van der Waals surface area contributed by atoms with Crippen LogP contribution >= 0.6 is 0 Å². The van der Waals surface area contributed by atoms with Gasteiger partial charge in [-0.2, -0.15) is 0 Å². The molecule has 0 aliphatic carbocycles. The molecular weight excluding hydrogens is 219 g/mol. The van der Waals surface area contributed by atoms with Crippen molar-refractivity contribution in [1.29, 1.82) is 0 Å². The lowest BCUT2D eigenvalue weighted by Crippen LogP contribution is -2.29. The van der Waals surface area contributed by atoms with E-state index in [-0.39, 0.29) is 16.9 Å². The van der Waals surface area contributed by atoms with Crippen LogP contribution in [0.5, 0.6) is 0 Å². The third-order valence-electron chi connectivity index (χ3n) is 2.72. The first-order valence-corrected chi connectivity index (χ1v) is 6.18. The van der Waals surface area contributed by atoms with Gasteiger partial charge < -0.3 is 5.11 Å². The highest BCUT2D eigenvalue weighted by Crippen LogP contribution is 2.34. The van der Waals surface area contributed by atoms with Crippen LogP contribution in [-0.2, 0) is 16.3 Å². The number of rotatable bonds is 1. The molecule has 0 amide bonds. The molecule has 1 heterocycles. The molecule has 0 saturated heterocycles. The zero-order valence-electron chi connectivity index (χ0n) is 8.14. The summed E-state index contributed by atoms with van der Waals surface area (Å²) in [7, 11) is -3.56. The van der Waals surface area contributed by atoms with E-state index in [9.17, 15) is 17.9 Å².